The van der Waals surface area contributed by atoms with E-state index in [-0.39, 0.29) is 17.3 Å². The summed E-state index contributed by atoms with van der Waals surface area (Å²) in [5.74, 6) is 1.41. The molecular formula is C23H22ClN5O4. The van der Waals surface area contributed by atoms with E-state index in [0.717, 1.165) is 36.6 Å². The van der Waals surface area contributed by atoms with Crippen molar-refractivity contribution in [1.82, 2.24) is 14.7 Å². The maximum Gasteiger partial charge on any atom is 0.287 e. The van der Waals surface area contributed by atoms with Crippen molar-refractivity contribution in [3.63, 3.8) is 0 Å². The lowest BCUT2D eigenvalue weighted by Gasteiger charge is -2.31. The van der Waals surface area contributed by atoms with Crippen LogP contribution in [0.3, 0.4) is 0 Å². The third kappa shape index (κ3) is 3.82. The van der Waals surface area contributed by atoms with Gasteiger partial charge in [-0.05, 0) is 50.3 Å². The Hall–Kier alpha value is -3.46. The molecule has 1 saturated carbocycles. The van der Waals surface area contributed by atoms with Crippen molar-refractivity contribution in [2.24, 2.45) is 5.92 Å². The monoisotopic (exact) mass is 467 g/mol. The lowest BCUT2D eigenvalue weighted by Crippen LogP contribution is -2.31. The smallest absolute Gasteiger partial charge is 0.287 e. The number of pyridine rings is 2. The van der Waals surface area contributed by atoms with E-state index in [2.05, 4.69) is 15.5 Å². The zero-order valence-corrected chi connectivity index (χ0v) is 18.7. The van der Waals surface area contributed by atoms with Gasteiger partial charge in [0, 0.05) is 24.0 Å². The standard InChI is InChI=1S/C23H22ClN5O4/c1-13-20-22(27-33-13)21-17(24)6-3-7-18(21)28(23(20)30)15-5-2-4-14(10-15)11-25-19-9-8-16(12-26-19)29(31)32/h3,6-9,12,14-15H,2,4-5,10-11H2,1H3,(H,25,26). The molecule has 1 fully saturated rings. The van der Waals surface area contributed by atoms with Crippen LogP contribution in [0.5, 0.6) is 0 Å². The van der Waals surface area contributed by atoms with Crippen LogP contribution in [0.4, 0.5) is 11.5 Å². The Labute approximate surface area is 193 Å². The molecule has 1 aromatic carbocycles. The Kier molecular flexibility index (Phi) is 5.49. The van der Waals surface area contributed by atoms with E-state index in [9.17, 15) is 14.9 Å². The maximum absolute atomic E-state index is 13.5. The first-order valence-electron chi connectivity index (χ1n) is 10.9. The van der Waals surface area contributed by atoms with Gasteiger partial charge >= 0.3 is 0 Å². The zero-order chi connectivity index (χ0) is 23.1. The lowest BCUT2D eigenvalue weighted by atomic mass is 9.85. The Balaban J connectivity index is 1.44. The molecule has 4 aromatic rings. The number of hydrogen-bond donors (Lipinski definition) is 1. The number of halogens is 1. The van der Waals surface area contributed by atoms with Gasteiger partial charge in [0.05, 0.1) is 15.5 Å². The molecule has 1 aliphatic rings. The molecule has 0 bridgehead atoms. The summed E-state index contributed by atoms with van der Waals surface area (Å²) in [5, 5.41) is 20.0. The van der Waals surface area contributed by atoms with Crippen molar-refractivity contribution < 1.29 is 9.45 Å². The minimum absolute atomic E-state index is 0.0162. The molecule has 9 nitrogen and oxygen atoms in total. The molecule has 0 saturated heterocycles. The molecule has 33 heavy (non-hydrogen) atoms. The molecule has 3 heterocycles. The van der Waals surface area contributed by atoms with Crippen LogP contribution in [0.15, 0.2) is 45.8 Å². The topological polar surface area (TPSA) is 116 Å². The molecular weight excluding hydrogens is 446 g/mol. The average Bonchev–Trinajstić information content (AvgIpc) is 3.20. The number of benzene rings is 1. The van der Waals surface area contributed by atoms with Crippen LogP contribution in [-0.4, -0.2) is 26.2 Å². The molecule has 1 aliphatic carbocycles. The van der Waals surface area contributed by atoms with Crippen molar-refractivity contribution >= 4 is 44.9 Å². The minimum Gasteiger partial charge on any atom is -0.370 e. The Morgan fingerprint density at radius 2 is 2.12 bits per heavy atom. The van der Waals surface area contributed by atoms with Gasteiger partial charge in [-0.1, -0.05) is 29.2 Å². The minimum atomic E-state index is -0.467. The normalized spacial score (nSPS) is 18.6. The van der Waals surface area contributed by atoms with Crippen LogP contribution < -0.4 is 10.9 Å². The van der Waals surface area contributed by atoms with E-state index in [4.69, 9.17) is 16.1 Å². The highest BCUT2D eigenvalue weighted by Gasteiger charge is 2.28. The van der Waals surface area contributed by atoms with Crippen LogP contribution in [0.1, 0.15) is 37.5 Å². The van der Waals surface area contributed by atoms with Crippen LogP contribution >= 0.6 is 11.6 Å². The van der Waals surface area contributed by atoms with Crippen LogP contribution in [0.25, 0.3) is 21.8 Å². The van der Waals surface area contributed by atoms with E-state index in [0.29, 0.717) is 40.0 Å². The zero-order valence-electron chi connectivity index (χ0n) is 18.0. The third-order valence-electron chi connectivity index (χ3n) is 6.43. The molecule has 3 aromatic heterocycles. The quantitative estimate of drug-likeness (QED) is 0.314. The van der Waals surface area contributed by atoms with Gasteiger partial charge in [-0.25, -0.2) is 4.98 Å². The van der Waals surface area contributed by atoms with Gasteiger partial charge in [0.15, 0.2) is 0 Å². The summed E-state index contributed by atoms with van der Waals surface area (Å²) in [7, 11) is 0. The average molecular weight is 468 g/mol. The number of aryl methyl sites for hydroxylation is 1. The number of nitro groups is 1. The fraction of sp³-hybridized carbons (Fsp3) is 0.348. The summed E-state index contributed by atoms with van der Waals surface area (Å²) in [4.78, 5) is 28.0. The first-order valence-corrected chi connectivity index (χ1v) is 11.2. The number of nitrogens with one attached hydrogen (secondary N) is 1. The molecule has 0 amide bonds. The Morgan fingerprint density at radius 3 is 2.88 bits per heavy atom. The van der Waals surface area contributed by atoms with Crippen LogP contribution in [-0.2, 0) is 0 Å². The van der Waals surface area contributed by atoms with E-state index in [1.54, 1.807) is 19.1 Å². The number of fused-ring (bicyclic) bond motifs is 3. The summed E-state index contributed by atoms with van der Waals surface area (Å²) >= 11 is 6.53. The molecule has 1 N–H and O–H groups in total. The molecule has 170 valence electrons. The summed E-state index contributed by atoms with van der Waals surface area (Å²) < 4.78 is 7.22. The van der Waals surface area contributed by atoms with Crippen LogP contribution in [0.2, 0.25) is 5.02 Å². The summed E-state index contributed by atoms with van der Waals surface area (Å²) in [5.41, 5.74) is 1.13. The van der Waals surface area contributed by atoms with E-state index >= 15 is 0 Å². The van der Waals surface area contributed by atoms with Gasteiger partial charge in [0.2, 0.25) is 0 Å². The second-order valence-electron chi connectivity index (χ2n) is 8.50. The lowest BCUT2D eigenvalue weighted by molar-refractivity contribution is -0.385. The highest BCUT2D eigenvalue weighted by molar-refractivity contribution is 6.37. The van der Waals surface area contributed by atoms with Gasteiger partial charge in [0.1, 0.15) is 28.7 Å². The van der Waals surface area contributed by atoms with E-state index in [1.807, 2.05) is 16.7 Å². The number of rotatable bonds is 5. The van der Waals surface area contributed by atoms with Crippen molar-refractivity contribution in [2.75, 3.05) is 11.9 Å². The third-order valence-corrected chi connectivity index (χ3v) is 6.75. The molecule has 2 atom stereocenters. The van der Waals surface area contributed by atoms with Crippen molar-refractivity contribution in [3.05, 3.63) is 67.8 Å². The first kappa shape index (κ1) is 21.4. The molecule has 0 aliphatic heterocycles. The molecule has 2 unspecified atom stereocenters. The number of nitrogens with zero attached hydrogens (tertiary/aromatic N) is 4. The maximum atomic E-state index is 13.5. The SMILES string of the molecule is Cc1onc2c1c(=O)n(C1CCCC(CNc3ccc([N+](=O)[O-])cn3)C1)c1cccc(Cl)c21. The number of anilines is 1. The van der Waals surface area contributed by atoms with E-state index < -0.39 is 4.92 Å². The van der Waals surface area contributed by atoms with Crippen molar-refractivity contribution in [1.29, 1.82) is 0 Å². The molecule has 10 heteroatoms. The molecule has 5 rings (SSSR count). The van der Waals surface area contributed by atoms with Gasteiger partial charge in [-0.3, -0.25) is 14.9 Å². The van der Waals surface area contributed by atoms with E-state index in [1.165, 1.54) is 12.3 Å². The Bertz CT molecular complexity index is 1410. The van der Waals surface area contributed by atoms with Crippen molar-refractivity contribution in [3.8, 4) is 0 Å². The molecule has 0 radical (unpaired) electrons. The van der Waals surface area contributed by atoms with Gasteiger partial charge in [0.25, 0.3) is 11.2 Å². The van der Waals surface area contributed by atoms with Crippen molar-refractivity contribution in [2.45, 2.75) is 38.6 Å². The number of aromatic nitrogens is 3. The predicted molar refractivity (Wildman–Crippen MR) is 126 cm³/mol. The van der Waals surface area contributed by atoms with Gasteiger partial charge in [-0.15, -0.1) is 0 Å². The highest BCUT2D eigenvalue weighted by atomic mass is 35.5. The van der Waals surface area contributed by atoms with Crippen LogP contribution in [0, 0.1) is 23.0 Å². The molecule has 0 spiro atoms. The first-order chi connectivity index (χ1) is 15.9. The summed E-state index contributed by atoms with van der Waals surface area (Å²) in [6.45, 7) is 2.41. The summed E-state index contributed by atoms with van der Waals surface area (Å²) in [6, 6.07) is 8.62. The second-order valence-corrected chi connectivity index (χ2v) is 8.90. The highest BCUT2D eigenvalue weighted by Crippen LogP contribution is 2.37. The fourth-order valence-corrected chi connectivity index (χ4v) is 5.12. The number of hydrogen-bond acceptors (Lipinski definition) is 7. The largest absolute Gasteiger partial charge is 0.370 e. The fourth-order valence-electron chi connectivity index (χ4n) is 4.87. The predicted octanol–water partition coefficient (Wildman–Crippen LogP) is 5.25. The van der Waals surface area contributed by atoms with Gasteiger partial charge in [-0.2, -0.15) is 0 Å². The second kappa shape index (κ2) is 8.47. The summed E-state index contributed by atoms with van der Waals surface area (Å²) in [6.07, 6.45) is 4.97. The Morgan fingerprint density at radius 1 is 1.27 bits per heavy atom. The van der Waals surface area contributed by atoms with Gasteiger partial charge < -0.3 is 14.4 Å².